The molecule has 1 atom stereocenters. The van der Waals surface area contributed by atoms with Gasteiger partial charge in [-0.2, -0.15) is 0 Å². The van der Waals surface area contributed by atoms with Gasteiger partial charge in [-0.25, -0.2) is 9.97 Å². The van der Waals surface area contributed by atoms with Crippen LogP contribution in [0.5, 0.6) is 0 Å². The fourth-order valence-electron chi connectivity index (χ4n) is 1.81. The molecule has 0 bridgehead atoms. The molecule has 0 aromatic carbocycles. The van der Waals surface area contributed by atoms with Crippen LogP contribution in [-0.2, 0) is 4.74 Å². The summed E-state index contributed by atoms with van der Waals surface area (Å²) in [5, 5.41) is 0.413. The third-order valence-corrected chi connectivity index (χ3v) is 2.74. The first kappa shape index (κ1) is 11.4. The Morgan fingerprint density at radius 1 is 1.56 bits per heavy atom. The highest BCUT2D eigenvalue weighted by atomic mass is 35.5. The van der Waals surface area contributed by atoms with E-state index in [1.54, 1.807) is 13.3 Å². The Kier molecular flexibility index (Phi) is 3.12. The molecule has 0 saturated carbocycles. The second-order valence-corrected chi connectivity index (χ2v) is 4.28. The van der Waals surface area contributed by atoms with Crippen LogP contribution in [0.1, 0.15) is 18.5 Å². The van der Waals surface area contributed by atoms with E-state index in [0.29, 0.717) is 11.8 Å². The van der Waals surface area contributed by atoms with Crippen molar-refractivity contribution in [1.82, 2.24) is 14.5 Å². The number of aromatic nitrogens is 3. The Balaban J connectivity index is 2.56. The van der Waals surface area contributed by atoms with Crippen molar-refractivity contribution in [2.75, 3.05) is 13.7 Å². The van der Waals surface area contributed by atoms with Gasteiger partial charge in [0.25, 0.3) is 0 Å². The number of hydrogen-bond donors (Lipinski definition) is 0. The molecule has 0 unspecified atom stereocenters. The van der Waals surface area contributed by atoms with Gasteiger partial charge >= 0.3 is 0 Å². The van der Waals surface area contributed by atoms with E-state index in [2.05, 4.69) is 16.9 Å². The van der Waals surface area contributed by atoms with Gasteiger partial charge in [0.1, 0.15) is 10.7 Å². The predicted octanol–water partition coefficient (Wildman–Crippen LogP) is 2.60. The van der Waals surface area contributed by atoms with Crippen LogP contribution >= 0.6 is 11.6 Å². The molecule has 2 aromatic rings. The normalized spacial score (nSPS) is 13.2. The Hall–Kier alpha value is -1.13. The Morgan fingerprint density at radius 3 is 3.00 bits per heavy atom. The smallest absolute Gasteiger partial charge is 0.161 e. The average molecular weight is 240 g/mol. The van der Waals surface area contributed by atoms with Crippen molar-refractivity contribution >= 4 is 22.8 Å². The number of ether oxygens (including phenoxy) is 1. The maximum atomic E-state index is 5.86. The Bertz CT molecular complexity index is 509. The number of aryl methyl sites for hydroxylation is 1. The first-order valence-corrected chi connectivity index (χ1v) is 5.50. The summed E-state index contributed by atoms with van der Waals surface area (Å²) in [5.74, 6) is 0. The Labute approximate surface area is 99.2 Å². The van der Waals surface area contributed by atoms with Crippen molar-refractivity contribution in [2.24, 2.45) is 0 Å². The second kappa shape index (κ2) is 4.39. The summed E-state index contributed by atoms with van der Waals surface area (Å²) in [4.78, 5) is 8.60. The number of halogens is 1. The summed E-state index contributed by atoms with van der Waals surface area (Å²) in [6, 6.07) is 0.217. The third-order valence-electron chi connectivity index (χ3n) is 2.56. The summed E-state index contributed by atoms with van der Waals surface area (Å²) in [5.41, 5.74) is 2.81. The van der Waals surface area contributed by atoms with Crippen LogP contribution < -0.4 is 0 Å². The molecule has 0 fully saturated rings. The van der Waals surface area contributed by atoms with Gasteiger partial charge in [0.2, 0.25) is 0 Å². The van der Waals surface area contributed by atoms with Gasteiger partial charge in [-0.05, 0) is 19.4 Å². The molecular formula is C11H14ClN3O. The van der Waals surface area contributed by atoms with Crippen LogP contribution in [0.25, 0.3) is 11.2 Å². The molecule has 0 aliphatic rings. The lowest BCUT2D eigenvalue weighted by Gasteiger charge is -2.12. The summed E-state index contributed by atoms with van der Waals surface area (Å²) in [6.45, 7) is 4.73. The van der Waals surface area contributed by atoms with E-state index < -0.39 is 0 Å². The van der Waals surface area contributed by atoms with Gasteiger partial charge in [0, 0.05) is 13.3 Å². The zero-order chi connectivity index (χ0) is 11.7. The zero-order valence-electron chi connectivity index (χ0n) is 9.57. The first-order chi connectivity index (χ1) is 7.63. The third kappa shape index (κ3) is 1.90. The molecule has 0 N–H and O–H groups in total. The average Bonchev–Trinajstić information content (AvgIpc) is 2.56. The fourth-order valence-corrected chi connectivity index (χ4v) is 1.93. The number of hydrogen-bond acceptors (Lipinski definition) is 3. The molecule has 0 aliphatic heterocycles. The quantitative estimate of drug-likeness (QED) is 0.827. The van der Waals surface area contributed by atoms with Crippen LogP contribution in [0.2, 0.25) is 5.15 Å². The molecular weight excluding hydrogens is 226 g/mol. The van der Waals surface area contributed by atoms with E-state index in [9.17, 15) is 0 Å². The molecule has 4 nitrogen and oxygen atoms in total. The van der Waals surface area contributed by atoms with E-state index >= 15 is 0 Å². The van der Waals surface area contributed by atoms with Crippen LogP contribution in [0, 0.1) is 6.92 Å². The van der Waals surface area contributed by atoms with Crippen molar-refractivity contribution in [2.45, 2.75) is 19.9 Å². The highest BCUT2D eigenvalue weighted by Gasteiger charge is 2.13. The lowest BCUT2D eigenvalue weighted by atomic mass is 10.3. The molecule has 2 heterocycles. The molecule has 2 rings (SSSR count). The van der Waals surface area contributed by atoms with Crippen LogP contribution in [0.15, 0.2) is 12.4 Å². The minimum atomic E-state index is 0.217. The van der Waals surface area contributed by atoms with E-state index in [1.165, 1.54) is 0 Å². The maximum absolute atomic E-state index is 5.86. The lowest BCUT2D eigenvalue weighted by Crippen LogP contribution is -2.10. The molecule has 0 amide bonds. The predicted molar refractivity (Wildman–Crippen MR) is 63.9 cm³/mol. The Morgan fingerprint density at radius 2 is 2.31 bits per heavy atom. The second-order valence-electron chi connectivity index (χ2n) is 3.89. The number of methoxy groups -OCH3 is 1. The molecule has 2 aromatic heterocycles. The number of nitrogens with zero attached hydrogens (tertiary/aromatic N) is 3. The number of rotatable bonds is 3. The fraction of sp³-hybridized carbons (Fsp3) is 0.455. The van der Waals surface area contributed by atoms with E-state index in [4.69, 9.17) is 16.3 Å². The van der Waals surface area contributed by atoms with Gasteiger partial charge in [-0.15, -0.1) is 0 Å². The summed E-state index contributed by atoms with van der Waals surface area (Å²) in [7, 11) is 1.69. The zero-order valence-corrected chi connectivity index (χ0v) is 10.3. The minimum Gasteiger partial charge on any atom is -0.383 e. The highest BCUT2D eigenvalue weighted by molar-refractivity contribution is 6.29. The molecule has 0 aliphatic carbocycles. The SMILES string of the molecule is COC[C@H](C)n1cc(C)c2ncc(Cl)nc21. The molecule has 86 valence electrons. The van der Waals surface area contributed by atoms with Crippen molar-refractivity contribution in [1.29, 1.82) is 0 Å². The van der Waals surface area contributed by atoms with Crippen molar-refractivity contribution < 1.29 is 4.74 Å². The minimum absolute atomic E-state index is 0.217. The van der Waals surface area contributed by atoms with Gasteiger partial charge < -0.3 is 9.30 Å². The van der Waals surface area contributed by atoms with E-state index in [0.717, 1.165) is 16.7 Å². The van der Waals surface area contributed by atoms with Gasteiger partial charge in [-0.1, -0.05) is 11.6 Å². The largest absolute Gasteiger partial charge is 0.383 e. The van der Waals surface area contributed by atoms with Gasteiger partial charge in [-0.3, -0.25) is 0 Å². The molecule has 16 heavy (non-hydrogen) atoms. The van der Waals surface area contributed by atoms with E-state index in [1.807, 2.05) is 17.7 Å². The standard InChI is InChI=1S/C11H14ClN3O/c1-7-5-15(8(2)6-16-3)11-10(7)13-4-9(12)14-11/h4-5,8H,6H2,1-3H3/t8-/m0/s1. The maximum Gasteiger partial charge on any atom is 0.161 e. The van der Waals surface area contributed by atoms with Crippen LogP contribution in [0.4, 0.5) is 0 Å². The first-order valence-electron chi connectivity index (χ1n) is 5.12. The molecule has 0 spiro atoms. The molecule has 0 radical (unpaired) electrons. The lowest BCUT2D eigenvalue weighted by molar-refractivity contribution is 0.163. The topological polar surface area (TPSA) is 39.9 Å². The summed E-state index contributed by atoms with van der Waals surface area (Å²) < 4.78 is 7.19. The summed E-state index contributed by atoms with van der Waals surface area (Å²) >= 11 is 5.86. The van der Waals surface area contributed by atoms with Crippen molar-refractivity contribution in [3.05, 3.63) is 23.1 Å². The highest BCUT2D eigenvalue weighted by Crippen LogP contribution is 2.22. The molecule has 5 heteroatoms. The summed E-state index contributed by atoms with van der Waals surface area (Å²) in [6.07, 6.45) is 3.60. The van der Waals surface area contributed by atoms with E-state index in [-0.39, 0.29) is 6.04 Å². The molecule has 0 saturated heterocycles. The van der Waals surface area contributed by atoms with Crippen molar-refractivity contribution in [3.8, 4) is 0 Å². The van der Waals surface area contributed by atoms with Crippen LogP contribution in [-0.4, -0.2) is 28.3 Å². The van der Waals surface area contributed by atoms with Gasteiger partial charge in [0.05, 0.1) is 18.8 Å². The van der Waals surface area contributed by atoms with Gasteiger partial charge in [0.15, 0.2) is 5.65 Å². The number of fused-ring (bicyclic) bond motifs is 1. The monoisotopic (exact) mass is 239 g/mol. The van der Waals surface area contributed by atoms with Crippen LogP contribution in [0.3, 0.4) is 0 Å². The van der Waals surface area contributed by atoms with Crippen molar-refractivity contribution in [3.63, 3.8) is 0 Å².